The molecule has 26 heavy (non-hydrogen) atoms. The molecule has 2 aromatic carbocycles. The third-order valence-electron chi connectivity index (χ3n) is 3.82. The maximum Gasteiger partial charge on any atom is 0.488 e. The van der Waals surface area contributed by atoms with Crippen molar-refractivity contribution < 1.29 is 19.6 Å². The van der Waals surface area contributed by atoms with Crippen LogP contribution in [0.3, 0.4) is 0 Å². The first kappa shape index (κ1) is 20.0. The molecule has 2 N–H and O–H groups in total. The molecule has 0 bridgehead atoms. The Labute approximate surface area is 155 Å². The number of rotatable bonds is 6. The summed E-state index contributed by atoms with van der Waals surface area (Å²) in [6, 6.07) is 16.8. The molecule has 0 atom stereocenters. The van der Waals surface area contributed by atoms with E-state index in [-0.39, 0.29) is 6.09 Å². The Morgan fingerprint density at radius 2 is 1.62 bits per heavy atom. The summed E-state index contributed by atoms with van der Waals surface area (Å²) in [6.07, 6.45) is 0.303. The molecule has 0 fully saturated rings. The molecule has 1 amide bonds. The molecule has 0 aliphatic rings. The van der Waals surface area contributed by atoms with E-state index in [2.05, 4.69) is 0 Å². The molecular formula is C20H26BNO4. The number of hydrogen-bond acceptors (Lipinski definition) is 4. The van der Waals surface area contributed by atoms with E-state index in [0.29, 0.717) is 25.0 Å². The lowest BCUT2D eigenvalue weighted by molar-refractivity contribution is 0.0236. The van der Waals surface area contributed by atoms with Crippen LogP contribution in [0.2, 0.25) is 0 Å². The van der Waals surface area contributed by atoms with Crippen molar-refractivity contribution in [2.45, 2.75) is 39.3 Å². The number of carbonyl (C=O) groups is 1. The number of benzene rings is 2. The summed E-state index contributed by atoms with van der Waals surface area (Å²) in [4.78, 5) is 14.3. The summed E-state index contributed by atoms with van der Waals surface area (Å²) < 4.78 is 5.53. The molecule has 5 nitrogen and oxygen atoms in total. The zero-order valence-electron chi connectivity index (χ0n) is 15.6. The zero-order chi connectivity index (χ0) is 19.2. The van der Waals surface area contributed by atoms with Crippen LogP contribution in [0, 0.1) is 0 Å². The van der Waals surface area contributed by atoms with Gasteiger partial charge < -0.3 is 19.7 Å². The van der Waals surface area contributed by atoms with Crippen molar-refractivity contribution in [2.24, 2.45) is 0 Å². The molecule has 0 aliphatic heterocycles. The third-order valence-corrected chi connectivity index (χ3v) is 3.82. The maximum atomic E-state index is 12.6. The van der Waals surface area contributed by atoms with Crippen LogP contribution < -0.4 is 5.46 Å². The molecule has 2 rings (SSSR count). The average molecular weight is 355 g/mol. The van der Waals surface area contributed by atoms with Crippen LogP contribution >= 0.6 is 0 Å². The van der Waals surface area contributed by atoms with Gasteiger partial charge >= 0.3 is 13.2 Å². The van der Waals surface area contributed by atoms with E-state index in [0.717, 1.165) is 11.1 Å². The van der Waals surface area contributed by atoms with E-state index in [1.54, 1.807) is 17.0 Å². The SMILES string of the molecule is CC(C)(C)OC(=O)N(CCc1ccc(B(O)O)cc1)Cc1ccccc1. The van der Waals surface area contributed by atoms with E-state index in [9.17, 15) is 4.79 Å². The minimum Gasteiger partial charge on any atom is -0.444 e. The number of carbonyl (C=O) groups excluding carboxylic acids is 1. The number of hydrogen-bond donors (Lipinski definition) is 2. The van der Waals surface area contributed by atoms with Gasteiger partial charge in [0.25, 0.3) is 0 Å². The molecule has 0 spiro atoms. The Morgan fingerprint density at radius 1 is 1.00 bits per heavy atom. The minimum absolute atomic E-state index is 0.344. The van der Waals surface area contributed by atoms with Crippen LogP contribution in [0.25, 0.3) is 0 Å². The van der Waals surface area contributed by atoms with E-state index in [4.69, 9.17) is 14.8 Å². The Morgan fingerprint density at radius 3 is 2.15 bits per heavy atom. The summed E-state index contributed by atoms with van der Waals surface area (Å²) in [5, 5.41) is 18.3. The monoisotopic (exact) mass is 355 g/mol. The Kier molecular flexibility index (Phi) is 6.83. The van der Waals surface area contributed by atoms with Gasteiger partial charge in [0.05, 0.1) is 0 Å². The fraction of sp³-hybridized carbons (Fsp3) is 0.350. The van der Waals surface area contributed by atoms with E-state index >= 15 is 0 Å². The zero-order valence-corrected chi connectivity index (χ0v) is 15.6. The van der Waals surface area contributed by atoms with Gasteiger partial charge in [0, 0.05) is 13.1 Å². The molecule has 6 heteroatoms. The number of ether oxygens (including phenoxy) is 1. The van der Waals surface area contributed by atoms with Crippen LogP contribution in [0.15, 0.2) is 54.6 Å². The van der Waals surface area contributed by atoms with Crippen molar-refractivity contribution in [3.8, 4) is 0 Å². The molecule has 2 aromatic rings. The Balaban J connectivity index is 2.06. The lowest BCUT2D eigenvalue weighted by Crippen LogP contribution is -2.37. The standard InChI is InChI=1S/C20H26BNO4/c1-20(2,3)26-19(23)22(15-17-7-5-4-6-8-17)14-13-16-9-11-18(12-10-16)21(24)25/h4-12,24-25H,13-15H2,1-3H3. The van der Waals surface area contributed by atoms with Crippen molar-refractivity contribution in [2.75, 3.05) is 6.54 Å². The Hall–Kier alpha value is -2.31. The van der Waals surface area contributed by atoms with Crippen molar-refractivity contribution in [3.63, 3.8) is 0 Å². The van der Waals surface area contributed by atoms with Gasteiger partial charge in [0.15, 0.2) is 0 Å². The second kappa shape index (κ2) is 8.87. The molecular weight excluding hydrogens is 329 g/mol. The average Bonchev–Trinajstić information content (AvgIpc) is 2.58. The first-order chi connectivity index (χ1) is 12.2. The first-order valence-corrected chi connectivity index (χ1v) is 8.71. The fourth-order valence-electron chi connectivity index (χ4n) is 2.49. The van der Waals surface area contributed by atoms with Crippen LogP contribution in [-0.4, -0.2) is 40.3 Å². The second-order valence-corrected chi connectivity index (χ2v) is 7.25. The van der Waals surface area contributed by atoms with E-state index in [1.165, 1.54) is 0 Å². The van der Waals surface area contributed by atoms with E-state index in [1.807, 2.05) is 63.2 Å². The summed E-state index contributed by atoms with van der Waals surface area (Å²) in [5.41, 5.74) is 1.94. The van der Waals surface area contributed by atoms with Crippen molar-refractivity contribution in [1.82, 2.24) is 4.90 Å². The van der Waals surface area contributed by atoms with Crippen molar-refractivity contribution >= 4 is 18.7 Å². The maximum absolute atomic E-state index is 12.6. The quantitative estimate of drug-likeness (QED) is 0.781. The van der Waals surface area contributed by atoms with Gasteiger partial charge in [0.1, 0.15) is 5.60 Å². The lowest BCUT2D eigenvalue weighted by Gasteiger charge is -2.27. The van der Waals surface area contributed by atoms with Crippen LogP contribution in [0.5, 0.6) is 0 Å². The third kappa shape index (κ3) is 6.54. The highest BCUT2D eigenvalue weighted by atomic mass is 16.6. The summed E-state index contributed by atoms with van der Waals surface area (Å²) in [6.45, 7) is 6.54. The number of nitrogens with zero attached hydrogens (tertiary/aromatic N) is 1. The minimum atomic E-state index is -1.47. The molecule has 0 unspecified atom stereocenters. The molecule has 0 aromatic heterocycles. The van der Waals surface area contributed by atoms with Gasteiger partial charge in [-0.3, -0.25) is 0 Å². The predicted molar refractivity (Wildman–Crippen MR) is 103 cm³/mol. The summed E-state index contributed by atoms with van der Waals surface area (Å²) >= 11 is 0. The van der Waals surface area contributed by atoms with Gasteiger partial charge in [-0.1, -0.05) is 54.6 Å². The summed E-state index contributed by atoms with van der Waals surface area (Å²) in [5.74, 6) is 0. The second-order valence-electron chi connectivity index (χ2n) is 7.25. The largest absolute Gasteiger partial charge is 0.488 e. The predicted octanol–water partition coefficient (Wildman–Crippen LogP) is 2.35. The fourth-order valence-corrected chi connectivity index (χ4v) is 2.49. The molecule has 0 aliphatic carbocycles. The molecule has 0 saturated carbocycles. The van der Waals surface area contributed by atoms with Crippen LogP contribution in [0.4, 0.5) is 4.79 Å². The lowest BCUT2D eigenvalue weighted by atomic mass is 9.80. The topological polar surface area (TPSA) is 70.0 Å². The summed E-state index contributed by atoms with van der Waals surface area (Å²) in [7, 11) is -1.47. The van der Waals surface area contributed by atoms with Gasteiger partial charge in [-0.25, -0.2) is 4.79 Å². The highest BCUT2D eigenvalue weighted by Crippen LogP contribution is 2.14. The first-order valence-electron chi connectivity index (χ1n) is 8.71. The molecule has 0 radical (unpaired) electrons. The van der Waals surface area contributed by atoms with Gasteiger partial charge in [-0.05, 0) is 43.8 Å². The van der Waals surface area contributed by atoms with Crippen molar-refractivity contribution in [1.29, 1.82) is 0 Å². The molecule has 0 saturated heterocycles. The van der Waals surface area contributed by atoms with E-state index < -0.39 is 12.7 Å². The molecule has 138 valence electrons. The smallest absolute Gasteiger partial charge is 0.444 e. The number of amides is 1. The van der Waals surface area contributed by atoms with Gasteiger partial charge in [-0.15, -0.1) is 0 Å². The normalized spacial score (nSPS) is 11.1. The highest BCUT2D eigenvalue weighted by molar-refractivity contribution is 6.58. The van der Waals surface area contributed by atoms with Crippen LogP contribution in [0.1, 0.15) is 31.9 Å². The highest BCUT2D eigenvalue weighted by Gasteiger charge is 2.22. The molecule has 0 heterocycles. The van der Waals surface area contributed by atoms with Crippen molar-refractivity contribution in [3.05, 3.63) is 65.7 Å². The van der Waals surface area contributed by atoms with Gasteiger partial charge in [-0.2, -0.15) is 0 Å². The Bertz CT molecular complexity index is 696. The van der Waals surface area contributed by atoms with Crippen LogP contribution in [-0.2, 0) is 17.7 Å². The van der Waals surface area contributed by atoms with Gasteiger partial charge in [0.2, 0.25) is 0 Å².